The molecule has 1 rings (SSSR count). The van der Waals surface area contributed by atoms with Crippen molar-refractivity contribution in [3.05, 3.63) is 11.1 Å². The van der Waals surface area contributed by atoms with Crippen molar-refractivity contribution < 1.29 is 9.90 Å². The van der Waals surface area contributed by atoms with Gasteiger partial charge in [-0.1, -0.05) is 11.8 Å². The molecule has 0 fully saturated rings. The zero-order chi connectivity index (χ0) is 10.1. The Morgan fingerprint density at radius 3 is 2.38 bits per heavy atom. The number of carbonyl (C=O) groups excluding carboxylic acids is 1. The molecule has 0 amide bonds. The van der Waals surface area contributed by atoms with Crippen LogP contribution in [0, 0.1) is 11.8 Å². The van der Waals surface area contributed by atoms with E-state index in [1.54, 1.807) is 20.8 Å². The second-order valence-corrected chi connectivity index (χ2v) is 3.84. The topological polar surface area (TPSA) is 37.3 Å². The fourth-order valence-corrected chi connectivity index (χ4v) is 1.17. The molecule has 0 aliphatic heterocycles. The number of rotatable bonds is 0. The molecule has 0 radical (unpaired) electrons. The van der Waals surface area contributed by atoms with Gasteiger partial charge in [-0.15, -0.1) is 0 Å². The summed E-state index contributed by atoms with van der Waals surface area (Å²) in [6, 6.07) is 0. The minimum absolute atomic E-state index is 0.181. The van der Waals surface area contributed by atoms with Crippen molar-refractivity contribution in [3.63, 3.8) is 0 Å². The van der Waals surface area contributed by atoms with Crippen molar-refractivity contribution in [3.8, 4) is 11.8 Å². The van der Waals surface area contributed by atoms with Gasteiger partial charge in [0.15, 0.2) is 5.78 Å². The number of ketones is 1. The van der Waals surface area contributed by atoms with Crippen molar-refractivity contribution in [1.82, 2.24) is 0 Å². The van der Waals surface area contributed by atoms with Gasteiger partial charge in [-0.05, 0) is 27.2 Å². The van der Waals surface area contributed by atoms with Crippen LogP contribution in [0.2, 0.25) is 0 Å². The minimum Gasteiger partial charge on any atom is -0.378 e. The highest BCUT2D eigenvalue weighted by Crippen LogP contribution is 2.21. The van der Waals surface area contributed by atoms with E-state index in [4.69, 9.17) is 0 Å². The van der Waals surface area contributed by atoms with Crippen molar-refractivity contribution in [2.75, 3.05) is 0 Å². The molecule has 2 heteroatoms. The van der Waals surface area contributed by atoms with Crippen LogP contribution < -0.4 is 0 Å². The molecule has 1 aliphatic rings. The number of hydrogen-bond acceptors (Lipinski definition) is 2. The largest absolute Gasteiger partial charge is 0.378 e. The van der Waals surface area contributed by atoms with Gasteiger partial charge in [0.25, 0.3) is 0 Å². The summed E-state index contributed by atoms with van der Waals surface area (Å²) in [5, 5.41) is 9.35. The number of Topliss-reactive ketones (excluding diaryl/α,β-unsaturated/α-hetero) is 1. The van der Waals surface area contributed by atoms with Gasteiger partial charge in [0, 0.05) is 17.6 Å². The van der Waals surface area contributed by atoms with Crippen LogP contribution in [0.15, 0.2) is 11.1 Å². The Hall–Kier alpha value is -1.07. The van der Waals surface area contributed by atoms with Crippen LogP contribution in [-0.4, -0.2) is 16.5 Å². The zero-order valence-corrected chi connectivity index (χ0v) is 8.27. The molecule has 0 aromatic carbocycles. The second-order valence-electron chi connectivity index (χ2n) is 3.84. The third-order valence-corrected chi connectivity index (χ3v) is 1.99. The lowest BCUT2D eigenvalue weighted by Gasteiger charge is -2.05. The van der Waals surface area contributed by atoms with Gasteiger partial charge in [-0.2, -0.15) is 0 Å². The first-order valence-electron chi connectivity index (χ1n) is 4.38. The fraction of sp³-hybridized carbons (Fsp3) is 0.545. The highest BCUT2D eigenvalue weighted by atomic mass is 16.3. The summed E-state index contributed by atoms with van der Waals surface area (Å²) in [6.07, 6.45) is 1.30. The zero-order valence-electron chi connectivity index (χ0n) is 8.27. The van der Waals surface area contributed by atoms with Crippen molar-refractivity contribution in [1.29, 1.82) is 0 Å². The quantitative estimate of drug-likeness (QED) is 0.570. The normalized spacial score (nSPS) is 17.4. The van der Waals surface area contributed by atoms with Crippen molar-refractivity contribution >= 4 is 5.78 Å². The molecular weight excluding hydrogens is 164 g/mol. The Kier molecular flexibility index (Phi) is 2.58. The van der Waals surface area contributed by atoms with Gasteiger partial charge in [-0.3, -0.25) is 4.79 Å². The first-order valence-corrected chi connectivity index (χ1v) is 4.38. The van der Waals surface area contributed by atoms with Crippen LogP contribution in [-0.2, 0) is 4.79 Å². The van der Waals surface area contributed by atoms with Crippen LogP contribution in [0.5, 0.6) is 0 Å². The average Bonchev–Trinajstić information content (AvgIpc) is 2.29. The van der Waals surface area contributed by atoms with Gasteiger partial charge < -0.3 is 5.11 Å². The first kappa shape index (κ1) is 10.0. The van der Waals surface area contributed by atoms with Crippen LogP contribution in [0.1, 0.15) is 33.6 Å². The number of hydrogen-bond donors (Lipinski definition) is 1. The van der Waals surface area contributed by atoms with Crippen LogP contribution in [0.3, 0.4) is 0 Å². The lowest BCUT2D eigenvalue weighted by atomic mass is 10.1. The van der Waals surface area contributed by atoms with Crippen LogP contribution in [0.25, 0.3) is 0 Å². The molecule has 0 heterocycles. The molecule has 0 aromatic rings. The van der Waals surface area contributed by atoms with E-state index in [0.717, 1.165) is 17.6 Å². The maximum atomic E-state index is 11.1. The molecule has 0 unspecified atom stereocenters. The number of allylic oxidation sites excluding steroid dienone is 2. The monoisotopic (exact) mass is 178 g/mol. The summed E-state index contributed by atoms with van der Waals surface area (Å²) >= 11 is 0. The van der Waals surface area contributed by atoms with Crippen molar-refractivity contribution in [2.45, 2.75) is 39.2 Å². The van der Waals surface area contributed by atoms with Gasteiger partial charge in [0.05, 0.1) is 0 Å². The van der Waals surface area contributed by atoms with Crippen molar-refractivity contribution in [2.24, 2.45) is 0 Å². The SMILES string of the molecule is CC1=C(C#CC(C)(C)O)CCC1=O. The predicted octanol–water partition coefficient (Wildman–Crippen LogP) is 1.44. The summed E-state index contributed by atoms with van der Waals surface area (Å²) in [4.78, 5) is 11.1. The smallest absolute Gasteiger partial charge is 0.159 e. The summed E-state index contributed by atoms with van der Waals surface area (Å²) < 4.78 is 0. The minimum atomic E-state index is -0.973. The molecular formula is C11H14O2. The van der Waals surface area contributed by atoms with E-state index >= 15 is 0 Å². The Bertz CT molecular complexity index is 318. The van der Waals surface area contributed by atoms with Gasteiger partial charge in [0.2, 0.25) is 0 Å². The molecule has 0 saturated carbocycles. The first-order chi connectivity index (χ1) is 5.90. The lowest BCUT2D eigenvalue weighted by Crippen LogP contribution is -2.14. The van der Waals surface area contributed by atoms with Gasteiger partial charge in [-0.25, -0.2) is 0 Å². The highest BCUT2D eigenvalue weighted by molar-refractivity contribution is 5.99. The van der Waals surface area contributed by atoms with E-state index in [1.807, 2.05) is 0 Å². The Balaban J connectivity index is 2.85. The molecule has 0 saturated heterocycles. The maximum Gasteiger partial charge on any atom is 0.159 e. The Labute approximate surface area is 78.6 Å². The Morgan fingerprint density at radius 2 is 2.00 bits per heavy atom. The number of carbonyl (C=O) groups is 1. The van der Waals surface area contributed by atoms with E-state index in [2.05, 4.69) is 11.8 Å². The maximum absolute atomic E-state index is 11.1. The highest BCUT2D eigenvalue weighted by Gasteiger charge is 2.17. The second kappa shape index (κ2) is 3.35. The molecule has 13 heavy (non-hydrogen) atoms. The van der Waals surface area contributed by atoms with Crippen LogP contribution in [0.4, 0.5) is 0 Å². The summed E-state index contributed by atoms with van der Waals surface area (Å²) in [5.74, 6) is 5.75. The lowest BCUT2D eigenvalue weighted by molar-refractivity contribution is -0.114. The summed E-state index contributed by atoms with van der Waals surface area (Å²) in [6.45, 7) is 5.06. The van der Waals surface area contributed by atoms with E-state index in [1.165, 1.54) is 0 Å². The van der Waals surface area contributed by atoms with Crippen LogP contribution >= 0.6 is 0 Å². The molecule has 0 aromatic heterocycles. The molecule has 2 nitrogen and oxygen atoms in total. The predicted molar refractivity (Wildman–Crippen MR) is 51.0 cm³/mol. The third kappa shape index (κ3) is 2.71. The summed E-state index contributed by atoms with van der Waals surface area (Å²) in [5.41, 5.74) is 0.669. The third-order valence-electron chi connectivity index (χ3n) is 1.99. The van der Waals surface area contributed by atoms with E-state index < -0.39 is 5.60 Å². The standard InChI is InChI=1S/C11H14O2/c1-8-9(4-5-10(8)12)6-7-11(2,3)13/h13H,4-5H2,1-3H3. The van der Waals surface area contributed by atoms with E-state index in [9.17, 15) is 9.90 Å². The van der Waals surface area contributed by atoms with E-state index in [-0.39, 0.29) is 5.78 Å². The molecule has 0 bridgehead atoms. The molecule has 0 atom stereocenters. The molecule has 70 valence electrons. The summed E-state index contributed by atoms with van der Waals surface area (Å²) in [7, 11) is 0. The molecule has 1 aliphatic carbocycles. The van der Waals surface area contributed by atoms with Gasteiger partial charge >= 0.3 is 0 Å². The van der Waals surface area contributed by atoms with E-state index in [0.29, 0.717) is 6.42 Å². The average molecular weight is 178 g/mol. The number of aliphatic hydroxyl groups is 1. The fourth-order valence-electron chi connectivity index (χ4n) is 1.17. The molecule has 0 spiro atoms. The molecule has 1 N–H and O–H groups in total. The Morgan fingerprint density at radius 1 is 1.38 bits per heavy atom. The van der Waals surface area contributed by atoms with Gasteiger partial charge in [0.1, 0.15) is 5.60 Å².